The smallest absolute Gasteiger partial charge is 0.242 e. The molecule has 106 heavy (non-hydrogen) atoms. The maximum Gasteiger partial charge on any atom is 0.242 e. The Morgan fingerprint density at radius 3 is 1.43 bits per heavy atom. The molecule has 4 unspecified atom stereocenters. The minimum atomic E-state index is -0.0442. The second-order valence-electron chi connectivity index (χ2n) is 42.5. The zero-order valence-corrected chi connectivity index (χ0v) is 70.8. The molecule has 1 nitrogen and oxygen atoms in total. The molecule has 4 aliphatic carbocycles. The fraction of sp³-hybridized carbons (Fsp3) is 0.481. The molecule has 0 aromatic heterocycles. The molecule has 6 bridgehead atoms. The van der Waals surface area contributed by atoms with Crippen LogP contribution in [-0.2, 0) is 73.4 Å². The van der Waals surface area contributed by atoms with Crippen LogP contribution in [0.4, 0.5) is 17.1 Å². The van der Waals surface area contributed by atoms with Crippen LogP contribution in [0.25, 0.3) is 0 Å². The highest BCUT2D eigenvalue weighted by molar-refractivity contribution is 6.97. The summed E-state index contributed by atoms with van der Waals surface area (Å²) in [4.78, 5) is 2.59. The van der Waals surface area contributed by atoms with Gasteiger partial charge in [0.25, 0.3) is 0 Å². The molecule has 0 saturated carbocycles. The summed E-state index contributed by atoms with van der Waals surface area (Å²) in [7, 11) is 0. The van der Waals surface area contributed by atoms with E-state index in [1.54, 1.807) is 22.3 Å². The van der Waals surface area contributed by atoms with Crippen LogP contribution in [0.1, 0.15) is 351 Å². The monoisotopic (exact) mass is 1400 g/mol. The highest BCUT2D eigenvalue weighted by Gasteiger charge is 2.48. The quantitative estimate of drug-likeness (QED) is 0.144. The molecule has 1 aliphatic heterocycles. The summed E-state index contributed by atoms with van der Waals surface area (Å²) in [5.41, 5.74) is 40.8. The van der Waals surface area contributed by atoms with Gasteiger partial charge in [0.2, 0.25) is 6.71 Å². The first-order valence-corrected chi connectivity index (χ1v) is 41.3. The third kappa shape index (κ3) is 13.6. The second kappa shape index (κ2) is 26.0. The van der Waals surface area contributed by atoms with Crippen molar-refractivity contribution >= 4 is 40.2 Å². The normalized spacial score (nSPS) is 21.0. The van der Waals surface area contributed by atoms with E-state index in [1.165, 1.54) is 159 Å². The first-order chi connectivity index (χ1) is 49.2. The van der Waals surface area contributed by atoms with E-state index in [-0.39, 0.29) is 78.6 Å². The number of nitrogens with zero attached hydrogens (tertiary/aromatic N) is 1. The zero-order valence-electron chi connectivity index (χ0n) is 70.8. The molecule has 9 aromatic carbocycles. The Morgan fingerprint density at radius 1 is 0.377 bits per heavy atom. The van der Waals surface area contributed by atoms with E-state index in [1.807, 2.05) is 0 Å². The molecule has 0 N–H and O–H groups in total. The summed E-state index contributed by atoms with van der Waals surface area (Å²) in [6.07, 6.45) is 10.8. The Kier molecular flexibility index (Phi) is 18.6. The predicted octanol–water partition coefficient (Wildman–Crippen LogP) is 26.0. The van der Waals surface area contributed by atoms with Gasteiger partial charge in [-0.25, -0.2) is 0 Å². The van der Waals surface area contributed by atoms with E-state index in [0.29, 0.717) is 0 Å². The van der Waals surface area contributed by atoms with Crippen molar-refractivity contribution in [1.29, 1.82) is 0 Å². The lowest BCUT2D eigenvalue weighted by Crippen LogP contribution is -2.60. The molecule has 2 heteroatoms. The van der Waals surface area contributed by atoms with Gasteiger partial charge in [0.05, 0.1) is 0 Å². The van der Waals surface area contributed by atoms with Crippen molar-refractivity contribution in [2.45, 2.75) is 323 Å². The van der Waals surface area contributed by atoms with Gasteiger partial charge in [-0.1, -0.05) is 309 Å². The molecule has 5 aliphatic rings. The van der Waals surface area contributed by atoms with Crippen LogP contribution in [0.5, 0.6) is 0 Å². The van der Waals surface area contributed by atoms with Crippen LogP contribution in [0.2, 0.25) is 0 Å². The number of aryl methyl sites for hydroxylation is 5. The summed E-state index contributed by atoms with van der Waals surface area (Å²) in [5, 5.41) is 0. The molecule has 0 radical (unpaired) electrons. The van der Waals surface area contributed by atoms with Crippen molar-refractivity contribution in [3.05, 3.63) is 280 Å². The number of fused-ring (bicyclic) bond motifs is 8. The fourth-order valence-electron chi connectivity index (χ4n) is 21.3. The highest BCUT2D eigenvalue weighted by atomic mass is 15.1. The third-order valence-electron chi connectivity index (χ3n) is 27.9. The van der Waals surface area contributed by atoms with Gasteiger partial charge in [-0.05, 0) is 292 Å². The van der Waals surface area contributed by atoms with Gasteiger partial charge in [-0.2, -0.15) is 0 Å². The molecule has 14 rings (SSSR count). The molecule has 4 atom stereocenters. The van der Waals surface area contributed by atoms with Crippen molar-refractivity contribution < 1.29 is 0 Å². The summed E-state index contributed by atoms with van der Waals surface area (Å²) in [5.74, 6) is 0.363. The van der Waals surface area contributed by atoms with Gasteiger partial charge >= 0.3 is 0 Å². The number of hydrogen-bond acceptors (Lipinski definition) is 1. The Labute approximate surface area is 644 Å². The van der Waals surface area contributed by atoms with Crippen LogP contribution in [-0.4, -0.2) is 6.71 Å². The number of benzene rings is 9. The minimum Gasteiger partial charge on any atom is -0.310 e. The second-order valence-corrected chi connectivity index (χ2v) is 42.5. The molecule has 0 saturated heterocycles. The van der Waals surface area contributed by atoms with Crippen molar-refractivity contribution in [1.82, 2.24) is 0 Å². The minimum absolute atomic E-state index is 0.00526. The SMILES string of the molecule is Cc1cc2c3cc1CCC1c4cc(N(c5ccc(C(C)(C)C)cc5)c5ccc(C(C)(C)C)cc5)ccc4B(c4cc5c(cc4C(C)c4cc6c(cc4C)C(C)(C)CCC6(C)C)C(C)(C)CC5(C)C)c4c(C)cc(cc41)C(c1ccc(C(C)(C)C)cc1)CCc1ccc(C(C)(C)C)c(c1)CC3(C)CCC2(C)C. The van der Waals surface area contributed by atoms with E-state index in [4.69, 9.17) is 0 Å². The van der Waals surface area contributed by atoms with Gasteiger partial charge in [-0.3, -0.25) is 0 Å². The zero-order chi connectivity index (χ0) is 76.5. The molecule has 9 aromatic rings. The van der Waals surface area contributed by atoms with Crippen LogP contribution in [0.15, 0.2) is 158 Å². The van der Waals surface area contributed by atoms with Gasteiger partial charge in [0, 0.05) is 34.8 Å². The predicted molar refractivity (Wildman–Crippen MR) is 461 cm³/mol. The molecular weight excluding hydrogens is 1270 g/mol. The molecule has 0 spiro atoms. The Morgan fingerprint density at radius 2 is 0.868 bits per heavy atom. The van der Waals surface area contributed by atoms with E-state index >= 15 is 0 Å². The lowest BCUT2D eigenvalue weighted by atomic mass is 9.31. The lowest BCUT2D eigenvalue weighted by molar-refractivity contribution is 0.308. The van der Waals surface area contributed by atoms with E-state index in [2.05, 4.69) is 350 Å². The van der Waals surface area contributed by atoms with Crippen LogP contribution < -0.4 is 21.3 Å². The highest BCUT2D eigenvalue weighted by Crippen LogP contribution is 2.54. The Hall–Kier alpha value is -7.16. The number of anilines is 3. The van der Waals surface area contributed by atoms with Crippen molar-refractivity contribution in [3.63, 3.8) is 0 Å². The van der Waals surface area contributed by atoms with Crippen LogP contribution in [0.3, 0.4) is 0 Å². The Bertz CT molecular complexity index is 4830. The molecule has 1 heterocycles. The van der Waals surface area contributed by atoms with Gasteiger partial charge in [0.1, 0.15) is 0 Å². The van der Waals surface area contributed by atoms with Gasteiger partial charge < -0.3 is 4.90 Å². The third-order valence-corrected chi connectivity index (χ3v) is 27.9. The molecule has 0 fully saturated rings. The van der Waals surface area contributed by atoms with Crippen molar-refractivity contribution in [2.24, 2.45) is 0 Å². The van der Waals surface area contributed by atoms with Crippen LogP contribution >= 0.6 is 0 Å². The summed E-state index contributed by atoms with van der Waals surface area (Å²) >= 11 is 0. The molecule has 554 valence electrons. The summed E-state index contributed by atoms with van der Waals surface area (Å²) < 4.78 is 0. The maximum absolute atomic E-state index is 2.82. The summed E-state index contributed by atoms with van der Waals surface area (Å²) in [6, 6.07) is 66.6. The average molecular weight is 1410 g/mol. The topological polar surface area (TPSA) is 3.24 Å². The molecule has 0 amide bonds. The van der Waals surface area contributed by atoms with Crippen molar-refractivity contribution in [3.8, 4) is 0 Å². The van der Waals surface area contributed by atoms with Gasteiger partial charge in [0.15, 0.2) is 0 Å². The largest absolute Gasteiger partial charge is 0.310 e. The fourth-order valence-corrected chi connectivity index (χ4v) is 21.3. The van der Waals surface area contributed by atoms with Gasteiger partial charge in [-0.15, -0.1) is 0 Å². The summed E-state index contributed by atoms with van der Waals surface area (Å²) in [6.45, 7) is 66.3. The maximum atomic E-state index is 2.82. The van der Waals surface area contributed by atoms with E-state index in [0.717, 1.165) is 38.5 Å². The lowest BCUT2D eigenvalue weighted by Gasteiger charge is -2.45. The number of hydrogen-bond donors (Lipinski definition) is 0. The average Bonchev–Trinajstić information content (AvgIpc) is 1.19. The standard InChI is InChI=1S/C104H130BN/c1-64-53-87-91-57-70(64)32-45-80-83-58-78(106(76-39-35-74(36-40-76)96(8,9)10)77-41-37-75(38-42-77)97(11,12)13)43-47-92(83)105(93-61-90-89(102(23,24)63-103(90,25)26)60-82(93)67(4)81-59-88-86(54-65(81)2)99(17,18)48-49-100(88,19)20)94-66(3)52-71(56-84(80)94)79(69-30-33-73(34-31-69)95(5,6)7)44-28-68-29-46-85(98(14,15)16)72(55-68)62-104(91,27)51-50-101(87,21)22/h29-31,33-43,46-47,52-61,67,79-80H,28,32,44-45,48-51,62-63H2,1-27H3. The Balaban J connectivity index is 1.08. The first kappa shape index (κ1) is 75.6. The molecular formula is C104H130BN. The van der Waals surface area contributed by atoms with Crippen molar-refractivity contribution in [2.75, 3.05) is 4.90 Å². The first-order valence-electron chi connectivity index (χ1n) is 41.3. The van der Waals surface area contributed by atoms with Crippen LogP contribution in [0, 0.1) is 20.8 Å². The number of rotatable bonds is 7. The van der Waals surface area contributed by atoms with E-state index < -0.39 is 0 Å². The van der Waals surface area contributed by atoms with E-state index in [9.17, 15) is 0 Å².